The van der Waals surface area contributed by atoms with Crippen LogP contribution in [0.3, 0.4) is 0 Å². The van der Waals surface area contributed by atoms with Gasteiger partial charge in [0.25, 0.3) is 0 Å². The van der Waals surface area contributed by atoms with Crippen molar-refractivity contribution in [3.8, 4) is 0 Å². The van der Waals surface area contributed by atoms with Gasteiger partial charge in [0.1, 0.15) is 0 Å². The summed E-state index contributed by atoms with van der Waals surface area (Å²) in [6.07, 6.45) is 24.5. The molecule has 1 N–H and O–H groups in total. The molecule has 3 nitrogen and oxygen atoms in total. The van der Waals surface area contributed by atoms with Gasteiger partial charge >= 0.3 is 0 Å². The highest BCUT2D eigenvalue weighted by Gasteiger charge is 2.24. The minimum absolute atomic E-state index is 0.168. The van der Waals surface area contributed by atoms with E-state index in [0.29, 0.717) is 12.0 Å². The smallest absolute Gasteiger partial charge is 0.223 e. The Morgan fingerprint density at radius 3 is 1.45 bits per heavy atom. The first-order valence-electron chi connectivity index (χ1n) is 12.3. The average molecular weight is 405 g/mol. The number of carbonyl (C=O) groups excluding carboxylic acids is 2. The number of carbonyl (C=O) groups is 2. The maximum atomic E-state index is 12.0. The van der Waals surface area contributed by atoms with Crippen molar-refractivity contribution in [1.29, 1.82) is 0 Å². The Morgan fingerprint density at radius 1 is 0.655 bits per heavy atom. The fraction of sp³-hybridized carbons (Fsp3) is 0.769. The lowest BCUT2D eigenvalue weighted by molar-refractivity contribution is -0.118. The molecule has 0 aliphatic heterocycles. The molecule has 0 aromatic carbocycles. The first-order chi connectivity index (χ1) is 14.1. The molecule has 0 aromatic rings. The molecule has 1 aliphatic rings. The first kappa shape index (κ1) is 25.7. The van der Waals surface area contributed by atoms with E-state index in [9.17, 15) is 14.7 Å². The van der Waals surface area contributed by atoms with Gasteiger partial charge in [-0.2, -0.15) is 0 Å². The van der Waals surface area contributed by atoms with E-state index in [2.05, 4.69) is 6.92 Å². The van der Waals surface area contributed by atoms with Crippen molar-refractivity contribution < 1.29 is 14.7 Å². The third-order valence-corrected chi connectivity index (χ3v) is 6.09. The van der Waals surface area contributed by atoms with Crippen LogP contribution in [-0.2, 0) is 9.59 Å². The summed E-state index contributed by atoms with van der Waals surface area (Å²) in [5, 5.41) is 9.70. The highest BCUT2D eigenvalue weighted by molar-refractivity contribution is 6.21. The lowest BCUT2D eigenvalue weighted by Gasteiger charge is -2.12. The van der Waals surface area contributed by atoms with Gasteiger partial charge in [-0.05, 0) is 25.8 Å². The standard InChI is InChI=1S/C26H44O3/c1-3-4-5-6-7-8-9-10-11-12-13-14-15-16-17-18-19-20-23-21-24(27)22(2)25(28)26(23)29/h21,28H,3-20H2,1-2H3. The van der Waals surface area contributed by atoms with Crippen molar-refractivity contribution in [2.75, 3.05) is 0 Å². The second-order valence-electron chi connectivity index (χ2n) is 8.74. The third kappa shape index (κ3) is 11.4. The summed E-state index contributed by atoms with van der Waals surface area (Å²) < 4.78 is 0. The Labute approximate surface area is 179 Å². The molecule has 0 bridgehead atoms. The van der Waals surface area contributed by atoms with Gasteiger partial charge in [0.2, 0.25) is 5.78 Å². The maximum absolute atomic E-state index is 12.0. The van der Waals surface area contributed by atoms with Gasteiger partial charge in [0, 0.05) is 11.1 Å². The number of ketones is 2. The van der Waals surface area contributed by atoms with Crippen LogP contribution < -0.4 is 0 Å². The largest absolute Gasteiger partial charge is 0.504 e. The minimum atomic E-state index is -0.362. The summed E-state index contributed by atoms with van der Waals surface area (Å²) in [6.45, 7) is 3.77. The molecule has 0 aromatic heterocycles. The summed E-state index contributed by atoms with van der Waals surface area (Å²) in [7, 11) is 0. The highest BCUT2D eigenvalue weighted by Crippen LogP contribution is 2.22. The summed E-state index contributed by atoms with van der Waals surface area (Å²) in [5.74, 6) is -0.956. The topological polar surface area (TPSA) is 54.4 Å². The lowest BCUT2D eigenvalue weighted by Crippen LogP contribution is -2.17. The number of rotatable bonds is 18. The van der Waals surface area contributed by atoms with Crippen LogP contribution in [0, 0.1) is 0 Å². The fourth-order valence-electron chi connectivity index (χ4n) is 4.00. The average Bonchev–Trinajstić information content (AvgIpc) is 2.72. The Kier molecular flexibility index (Phi) is 14.5. The van der Waals surface area contributed by atoms with Crippen molar-refractivity contribution in [1.82, 2.24) is 0 Å². The van der Waals surface area contributed by atoms with Gasteiger partial charge in [-0.1, -0.05) is 110 Å². The zero-order chi connectivity index (χ0) is 21.3. The van der Waals surface area contributed by atoms with Crippen LogP contribution in [0.5, 0.6) is 0 Å². The van der Waals surface area contributed by atoms with Crippen molar-refractivity contribution in [2.24, 2.45) is 0 Å². The molecule has 0 saturated heterocycles. The molecular weight excluding hydrogens is 360 g/mol. The van der Waals surface area contributed by atoms with Crippen LogP contribution in [0.15, 0.2) is 23.0 Å². The van der Waals surface area contributed by atoms with Gasteiger partial charge in [0.15, 0.2) is 11.5 Å². The molecule has 0 heterocycles. The van der Waals surface area contributed by atoms with Gasteiger partial charge < -0.3 is 5.11 Å². The molecule has 3 heteroatoms. The lowest BCUT2D eigenvalue weighted by atomic mass is 9.92. The van der Waals surface area contributed by atoms with Crippen LogP contribution in [0.25, 0.3) is 0 Å². The van der Waals surface area contributed by atoms with Crippen molar-refractivity contribution >= 4 is 11.6 Å². The molecule has 0 unspecified atom stereocenters. The van der Waals surface area contributed by atoms with Gasteiger partial charge in [0.05, 0.1) is 0 Å². The summed E-state index contributed by atoms with van der Waals surface area (Å²) in [4.78, 5) is 23.7. The number of hydrogen-bond acceptors (Lipinski definition) is 3. The van der Waals surface area contributed by atoms with Crippen LogP contribution >= 0.6 is 0 Å². The molecule has 29 heavy (non-hydrogen) atoms. The minimum Gasteiger partial charge on any atom is -0.504 e. The highest BCUT2D eigenvalue weighted by atomic mass is 16.3. The van der Waals surface area contributed by atoms with E-state index in [-0.39, 0.29) is 22.9 Å². The predicted octanol–water partition coefficient (Wildman–Crippen LogP) is 7.94. The van der Waals surface area contributed by atoms with Crippen molar-refractivity contribution in [3.05, 3.63) is 23.0 Å². The van der Waals surface area contributed by atoms with Crippen molar-refractivity contribution in [2.45, 2.75) is 129 Å². The fourth-order valence-corrected chi connectivity index (χ4v) is 4.00. The SMILES string of the molecule is CCCCCCCCCCCCCCCCCCCC1=CC(=O)C(C)=C(O)C1=O. The number of hydrogen-bond donors (Lipinski definition) is 1. The first-order valence-corrected chi connectivity index (χ1v) is 12.3. The second kappa shape index (κ2) is 16.4. The van der Waals surface area contributed by atoms with E-state index in [0.717, 1.165) is 12.8 Å². The zero-order valence-corrected chi connectivity index (χ0v) is 19.1. The summed E-state index contributed by atoms with van der Waals surface area (Å²) in [5.41, 5.74) is 0.639. The van der Waals surface area contributed by atoms with Gasteiger partial charge in [-0.3, -0.25) is 9.59 Å². The Balaban J connectivity index is 1.86. The number of Topliss-reactive ketones (excluding diaryl/α,β-unsaturated/α-hetero) is 1. The molecule has 0 fully saturated rings. The Bertz CT molecular complexity index is 542. The number of unbranched alkanes of at least 4 members (excludes halogenated alkanes) is 16. The molecule has 0 spiro atoms. The molecule has 0 saturated carbocycles. The van der Waals surface area contributed by atoms with Crippen LogP contribution in [0.4, 0.5) is 0 Å². The zero-order valence-electron chi connectivity index (χ0n) is 19.1. The molecular formula is C26H44O3. The molecule has 166 valence electrons. The third-order valence-electron chi connectivity index (χ3n) is 6.09. The molecule has 1 rings (SSSR count). The number of allylic oxidation sites excluding steroid dienone is 3. The molecule has 1 aliphatic carbocycles. The monoisotopic (exact) mass is 404 g/mol. The Morgan fingerprint density at radius 2 is 1.03 bits per heavy atom. The van der Waals surface area contributed by atoms with Crippen molar-refractivity contribution in [3.63, 3.8) is 0 Å². The van der Waals surface area contributed by atoms with Crippen LogP contribution in [0.1, 0.15) is 129 Å². The number of aliphatic hydroxyl groups excluding tert-OH is 1. The van der Waals surface area contributed by atoms with E-state index >= 15 is 0 Å². The Hall–Kier alpha value is -1.38. The van der Waals surface area contributed by atoms with E-state index in [1.807, 2.05) is 0 Å². The summed E-state index contributed by atoms with van der Waals surface area (Å²) >= 11 is 0. The van der Waals surface area contributed by atoms with E-state index in [1.165, 1.54) is 109 Å². The quantitative estimate of drug-likeness (QED) is 0.186. The van der Waals surface area contributed by atoms with Crippen LogP contribution in [0.2, 0.25) is 0 Å². The van der Waals surface area contributed by atoms with E-state index in [4.69, 9.17) is 0 Å². The van der Waals surface area contributed by atoms with E-state index in [1.54, 1.807) is 0 Å². The summed E-state index contributed by atoms with van der Waals surface area (Å²) in [6, 6.07) is 0. The molecule has 0 atom stereocenters. The molecule has 0 amide bonds. The second-order valence-corrected chi connectivity index (χ2v) is 8.74. The number of aliphatic hydroxyl groups is 1. The van der Waals surface area contributed by atoms with Gasteiger partial charge in [-0.15, -0.1) is 0 Å². The van der Waals surface area contributed by atoms with Gasteiger partial charge in [-0.25, -0.2) is 0 Å². The van der Waals surface area contributed by atoms with Crippen LogP contribution in [-0.4, -0.2) is 16.7 Å². The predicted molar refractivity (Wildman–Crippen MR) is 122 cm³/mol. The van der Waals surface area contributed by atoms with E-state index < -0.39 is 0 Å². The molecule has 0 radical (unpaired) electrons. The maximum Gasteiger partial charge on any atom is 0.223 e. The normalized spacial score (nSPS) is 14.6.